The number of carbonyl (C=O) groups is 2. The zero-order valence-corrected chi connectivity index (χ0v) is 22.6. The van der Waals surface area contributed by atoms with Gasteiger partial charge in [-0.05, 0) is 38.6 Å². The van der Waals surface area contributed by atoms with Gasteiger partial charge >= 0.3 is 0 Å². The van der Waals surface area contributed by atoms with Gasteiger partial charge in [0, 0.05) is 62.6 Å². The number of amides is 2. The Labute approximate surface area is 234 Å². The van der Waals surface area contributed by atoms with Crippen LogP contribution in [0.3, 0.4) is 0 Å². The SMILES string of the molecule is Cc1cc2c(F)c(Oc3ncnc(Nc4ccc(C(=O)N5CCN(C)CC5)cn4)c3C(=O)N3CCC3)cc(F)c2[nH]1. The van der Waals surface area contributed by atoms with E-state index >= 15 is 4.39 Å². The summed E-state index contributed by atoms with van der Waals surface area (Å²) in [5.74, 6) is -2.26. The Morgan fingerprint density at radius 3 is 2.41 bits per heavy atom. The number of halogens is 2. The lowest BCUT2D eigenvalue weighted by Crippen LogP contribution is -2.47. The Hall–Kier alpha value is -4.65. The number of hydrogen-bond acceptors (Lipinski definition) is 8. The normalized spacial score (nSPS) is 15.6. The summed E-state index contributed by atoms with van der Waals surface area (Å²) < 4.78 is 35.8. The predicted molar refractivity (Wildman–Crippen MR) is 146 cm³/mol. The number of hydrogen-bond donors (Lipinski definition) is 2. The van der Waals surface area contributed by atoms with Gasteiger partial charge in [0.15, 0.2) is 23.2 Å². The third kappa shape index (κ3) is 5.15. The lowest BCUT2D eigenvalue weighted by molar-refractivity contribution is 0.0646. The molecule has 0 spiro atoms. The lowest BCUT2D eigenvalue weighted by atomic mass is 10.1. The molecule has 0 saturated carbocycles. The van der Waals surface area contributed by atoms with Crippen LogP contribution in [-0.2, 0) is 0 Å². The highest BCUT2D eigenvalue weighted by molar-refractivity contribution is 6.02. The van der Waals surface area contributed by atoms with Crippen LogP contribution in [0.15, 0.2) is 36.8 Å². The van der Waals surface area contributed by atoms with Gasteiger partial charge in [-0.3, -0.25) is 9.59 Å². The number of nitrogens with one attached hydrogen (secondary N) is 2. The maximum atomic E-state index is 15.3. The van der Waals surface area contributed by atoms with Crippen molar-refractivity contribution in [2.45, 2.75) is 13.3 Å². The predicted octanol–water partition coefficient (Wildman–Crippen LogP) is 3.71. The summed E-state index contributed by atoms with van der Waals surface area (Å²) in [6, 6.07) is 5.65. The minimum absolute atomic E-state index is 0.0231. The first kappa shape index (κ1) is 26.6. The molecular formula is C28H28F2N8O3. The number of benzene rings is 1. The van der Waals surface area contributed by atoms with Gasteiger partial charge in [0.1, 0.15) is 17.7 Å². The van der Waals surface area contributed by atoms with E-state index in [1.807, 2.05) is 7.05 Å². The van der Waals surface area contributed by atoms with Gasteiger partial charge < -0.3 is 29.7 Å². The second-order valence-corrected chi connectivity index (χ2v) is 10.2. The standard InChI is InChI=1S/C28H28F2N8O3/c1-16-12-18-23(30)20(13-19(29)24(18)34-16)41-26-22(28(40)37-6-3-7-37)25(32-15-33-26)35-21-5-4-17(14-31-21)27(39)38-10-8-36(2)9-11-38/h4-5,12-15,34H,3,6-11H2,1-2H3,(H,31,32,33,35). The molecule has 2 aliphatic heterocycles. The summed E-state index contributed by atoms with van der Waals surface area (Å²) in [5, 5.41) is 3.02. The number of piperazine rings is 1. The Morgan fingerprint density at radius 1 is 0.976 bits per heavy atom. The molecule has 212 valence electrons. The van der Waals surface area contributed by atoms with Crippen LogP contribution in [0.5, 0.6) is 11.6 Å². The molecule has 3 aromatic heterocycles. The van der Waals surface area contributed by atoms with E-state index in [0.29, 0.717) is 43.3 Å². The van der Waals surface area contributed by atoms with Crippen molar-refractivity contribution in [3.05, 3.63) is 65.2 Å². The second-order valence-electron chi connectivity index (χ2n) is 10.2. The van der Waals surface area contributed by atoms with E-state index in [1.165, 1.54) is 12.3 Å². The van der Waals surface area contributed by atoms with Crippen LogP contribution in [0.1, 0.15) is 32.8 Å². The van der Waals surface area contributed by atoms with E-state index in [2.05, 4.69) is 30.2 Å². The van der Waals surface area contributed by atoms with Gasteiger partial charge in [-0.1, -0.05) is 0 Å². The monoisotopic (exact) mass is 562 g/mol. The molecule has 0 radical (unpaired) electrons. The van der Waals surface area contributed by atoms with E-state index in [9.17, 15) is 14.0 Å². The molecule has 41 heavy (non-hydrogen) atoms. The number of carbonyl (C=O) groups excluding carboxylic acids is 2. The van der Waals surface area contributed by atoms with E-state index < -0.39 is 23.3 Å². The smallest absolute Gasteiger partial charge is 0.263 e. The van der Waals surface area contributed by atoms with Crippen LogP contribution in [0.4, 0.5) is 20.4 Å². The van der Waals surface area contributed by atoms with Crippen LogP contribution in [0.2, 0.25) is 0 Å². The van der Waals surface area contributed by atoms with E-state index in [-0.39, 0.29) is 34.1 Å². The van der Waals surface area contributed by atoms with E-state index in [0.717, 1.165) is 31.9 Å². The molecule has 2 fully saturated rings. The molecule has 1 aromatic carbocycles. The number of rotatable bonds is 6. The van der Waals surface area contributed by atoms with Crippen molar-refractivity contribution in [2.75, 3.05) is 51.6 Å². The van der Waals surface area contributed by atoms with Crippen LogP contribution in [-0.4, -0.2) is 92.8 Å². The highest BCUT2D eigenvalue weighted by atomic mass is 19.1. The Kier molecular flexibility index (Phi) is 6.95. The van der Waals surface area contributed by atoms with E-state index in [1.54, 1.807) is 28.9 Å². The number of anilines is 2. The first-order chi connectivity index (χ1) is 19.8. The van der Waals surface area contributed by atoms with Crippen molar-refractivity contribution < 1.29 is 23.1 Å². The molecule has 0 aliphatic carbocycles. The number of nitrogens with zero attached hydrogens (tertiary/aromatic N) is 6. The molecule has 2 N–H and O–H groups in total. The summed E-state index contributed by atoms with van der Waals surface area (Å²) in [4.78, 5) is 47.3. The minimum atomic E-state index is -0.788. The molecule has 13 heteroatoms. The van der Waals surface area contributed by atoms with Gasteiger partial charge in [0.25, 0.3) is 11.8 Å². The first-order valence-corrected chi connectivity index (χ1v) is 13.3. The van der Waals surface area contributed by atoms with E-state index in [4.69, 9.17) is 4.74 Å². The van der Waals surface area contributed by atoms with Crippen molar-refractivity contribution in [2.24, 2.45) is 0 Å². The average molecular weight is 563 g/mol. The zero-order valence-electron chi connectivity index (χ0n) is 22.6. The molecular weight excluding hydrogens is 534 g/mol. The van der Waals surface area contributed by atoms with Crippen molar-refractivity contribution in [1.29, 1.82) is 0 Å². The van der Waals surface area contributed by atoms with Gasteiger partial charge in [-0.2, -0.15) is 0 Å². The number of H-pyrrole nitrogens is 1. The summed E-state index contributed by atoms with van der Waals surface area (Å²) in [6.45, 7) is 5.65. The fourth-order valence-electron chi connectivity index (χ4n) is 4.83. The van der Waals surface area contributed by atoms with Crippen molar-refractivity contribution in [1.82, 2.24) is 34.6 Å². The van der Waals surface area contributed by atoms with Gasteiger partial charge in [-0.25, -0.2) is 23.7 Å². The molecule has 0 atom stereocenters. The molecule has 2 amide bonds. The molecule has 2 saturated heterocycles. The molecule has 0 unspecified atom stereocenters. The molecule has 11 nitrogen and oxygen atoms in total. The zero-order chi connectivity index (χ0) is 28.7. The van der Waals surface area contributed by atoms with Crippen molar-refractivity contribution in [3.8, 4) is 11.6 Å². The number of fused-ring (bicyclic) bond motifs is 1. The Bertz CT molecular complexity index is 1630. The fraction of sp³-hybridized carbons (Fsp3) is 0.321. The number of aryl methyl sites for hydroxylation is 1. The van der Waals surface area contributed by atoms with Crippen LogP contribution in [0, 0.1) is 18.6 Å². The minimum Gasteiger partial charge on any atom is -0.435 e. The highest BCUT2D eigenvalue weighted by Gasteiger charge is 2.30. The highest BCUT2D eigenvalue weighted by Crippen LogP contribution is 2.35. The Morgan fingerprint density at radius 2 is 1.73 bits per heavy atom. The van der Waals surface area contributed by atoms with Gasteiger partial charge in [0.2, 0.25) is 5.88 Å². The largest absolute Gasteiger partial charge is 0.435 e. The number of aromatic nitrogens is 4. The van der Waals surface area contributed by atoms with Gasteiger partial charge in [0.05, 0.1) is 11.1 Å². The summed E-state index contributed by atoms with van der Waals surface area (Å²) in [6.07, 6.45) is 3.46. The number of likely N-dealkylation sites (N-methyl/N-ethyl adjacent to an activating group) is 1. The maximum absolute atomic E-state index is 15.3. The number of pyridine rings is 1. The third-order valence-corrected chi connectivity index (χ3v) is 7.33. The Balaban J connectivity index is 1.29. The lowest BCUT2D eigenvalue weighted by Gasteiger charge is -2.32. The summed E-state index contributed by atoms with van der Waals surface area (Å²) >= 11 is 0. The average Bonchev–Trinajstić information content (AvgIpc) is 3.34. The van der Waals surface area contributed by atoms with Crippen LogP contribution < -0.4 is 10.1 Å². The number of ether oxygens (including phenoxy) is 1. The molecule has 6 rings (SSSR count). The first-order valence-electron chi connectivity index (χ1n) is 13.3. The maximum Gasteiger partial charge on any atom is 0.263 e. The fourth-order valence-corrected chi connectivity index (χ4v) is 4.83. The van der Waals surface area contributed by atoms with Crippen molar-refractivity contribution >= 4 is 34.4 Å². The van der Waals surface area contributed by atoms with Crippen LogP contribution in [0.25, 0.3) is 10.9 Å². The third-order valence-electron chi connectivity index (χ3n) is 7.33. The molecule has 4 aromatic rings. The molecule has 2 aliphatic rings. The number of aromatic amines is 1. The quantitative estimate of drug-likeness (QED) is 0.365. The van der Waals surface area contributed by atoms with Crippen molar-refractivity contribution in [3.63, 3.8) is 0 Å². The second kappa shape index (κ2) is 10.7. The number of likely N-dealkylation sites (tertiary alicyclic amines) is 1. The summed E-state index contributed by atoms with van der Waals surface area (Å²) in [5.41, 5.74) is 1.00. The topological polar surface area (TPSA) is 120 Å². The summed E-state index contributed by atoms with van der Waals surface area (Å²) in [7, 11) is 2.02. The molecule has 0 bridgehead atoms. The van der Waals surface area contributed by atoms with Crippen LogP contribution >= 0.6 is 0 Å². The molecule has 5 heterocycles. The van der Waals surface area contributed by atoms with Gasteiger partial charge in [-0.15, -0.1) is 0 Å².